The van der Waals surface area contributed by atoms with Gasteiger partial charge in [0.2, 0.25) is 5.71 Å². The first-order valence-electron chi connectivity index (χ1n) is 5.58. The zero-order valence-corrected chi connectivity index (χ0v) is 10.6. The summed E-state index contributed by atoms with van der Waals surface area (Å²) < 4.78 is 4.62. The number of ether oxygens (including phenoxy) is 1. The molecule has 100 valence electrons. The third kappa shape index (κ3) is 4.34. The van der Waals surface area contributed by atoms with E-state index >= 15 is 0 Å². The number of hydrogen-bond donors (Lipinski definition) is 0. The lowest BCUT2D eigenvalue weighted by atomic mass is 10.2. The summed E-state index contributed by atoms with van der Waals surface area (Å²) in [4.78, 5) is 38.7. The van der Waals surface area contributed by atoms with Crippen molar-refractivity contribution in [2.45, 2.75) is 13.8 Å². The van der Waals surface area contributed by atoms with E-state index in [1.54, 1.807) is 25.1 Å². The quantitative estimate of drug-likeness (QED) is 0.263. The van der Waals surface area contributed by atoms with E-state index in [9.17, 15) is 14.4 Å². The Bertz CT molecular complexity index is 507. The number of benzene rings is 1. The molecule has 1 rings (SSSR count). The second-order valence-corrected chi connectivity index (χ2v) is 3.46. The lowest BCUT2D eigenvalue weighted by molar-refractivity contribution is -0.135. The van der Waals surface area contributed by atoms with Crippen LogP contribution in [0.5, 0.6) is 0 Å². The fourth-order valence-electron chi connectivity index (χ4n) is 1.16. The number of nitrogens with zero attached hydrogens (tertiary/aromatic N) is 1. The van der Waals surface area contributed by atoms with E-state index in [1.807, 2.05) is 0 Å². The van der Waals surface area contributed by atoms with Gasteiger partial charge in [-0.3, -0.25) is 4.79 Å². The second-order valence-electron chi connectivity index (χ2n) is 3.46. The molecule has 0 radical (unpaired) electrons. The standard InChI is InChI=1S/C13H13NO5/c1-3-18-13(17)11(9(2)15)14-19-12(16)10-7-5-4-6-8-10/h4-8H,3H2,1-2H3. The van der Waals surface area contributed by atoms with E-state index in [-0.39, 0.29) is 12.2 Å². The SMILES string of the molecule is CCOC(=O)C(=NOC(=O)c1ccccc1)C(C)=O. The van der Waals surface area contributed by atoms with E-state index < -0.39 is 23.4 Å². The van der Waals surface area contributed by atoms with Gasteiger partial charge >= 0.3 is 11.9 Å². The molecule has 0 amide bonds. The molecule has 0 atom stereocenters. The molecule has 0 fully saturated rings. The number of carbonyl (C=O) groups excluding carboxylic acids is 3. The molecule has 0 aliphatic carbocycles. The van der Waals surface area contributed by atoms with Gasteiger partial charge in [-0.05, 0) is 19.1 Å². The minimum atomic E-state index is -0.920. The molecule has 0 spiro atoms. The normalized spacial score (nSPS) is 10.7. The summed E-state index contributed by atoms with van der Waals surface area (Å²) in [6.45, 7) is 2.81. The maximum absolute atomic E-state index is 11.6. The molecule has 6 nitrogen and oxygen atoms in total. The van der Waals surface area contributed by atoms with Gasteiger partial charge in [0.25, 0.3) is 0 Å². The predicted octanol–water partition coefficient (Wildman–Crippen LogP) is 1.35. The van der Waals surface area contributed by atoms with Crippen LogP contribution in [0.2, 0.25) is 0 Å². The molecule has 0 heterocycles. The van der Waals surface area contributed by atoms with Crippen molar-refractivity contribution in [3.05, 3.63) is 35.9 Å². The van der Waals surface area contributed by atoms with Crippen molar-refractivity contribution in [3.8, 4) is 0 Å². The van der Waals surface area contributed by atoms with Crippen molar-refractivity contribution in [2.75, 3.05) is 6.61 Å². The topological polar surface area (TPSA) is 82.0 Å². The molecule has 1 aromatic rings. The van der Waals surface area contributed by atoms with Gasteiger partial charge in [0.15, 0.2) is 5.78 Å². The number of hydrogen-bond acceptors (Lipinski definition) is 6. The Morgan fingerprint density at radius 2 is 1.79 bits per heavy atom. The van der Waals surface area contributed by atoms with E-state index in [2.05, 4.69) is 14.7 Å². The number of esters is 1. The van der Waals surface area contributed by atoms with E-state index in [0.717, 1.165) is 6.92 Å². The van der Waals surface area contributed by atoms with Crippen molar-refractivity contribution in [3.63, 3.8) is 0 Å². The summed E-state index contributed by atoms with van der Waals surface area (Å²) in [6.07, 6.45) is 0. The van der Waals surface area contributed by atoms with Crippen LogP contribution in [0.3, 0.4) is 0 Å². The summed E-state index contributed by atoms with van der Waals surface area (Å²) in [5.41, 5.74) is -0.288. The first kappa shape index (κ1) is 14.6. The van der Waals surface area contributed by atoms with Gasteiger partial charge in [0.05, 0.1) is 12.2 Å². The fraction of sp³-hybridized carbons (Fsp3) is 0.231. The Morgan fingerprint density at radius 3 is 2.32 bits per heavy atom. The maximum atomic E-state index is 11.6. The summed E-state index contributed by atoms with van der Waals surface area (Å²) in [7, 11) is 0. The average Bonchev–Trinajstić information content (AvgIpc) is 2.39. The molecule has 0 aliphatic rings. The third-order valence-electron chi connectivity index (χ3n) is 2.03. The van der Waals surface area contributed by atoms with Crippen LogP contribution in [0, 0.1) is 0 Å². The van der Waals surface area contributed by atoms with Crippen LogP contribution < -0.4 is 0 Å². The van der Waals surface area contributed by atoms with E-state index in [0.29, 0.717) is 0 Å². The minimum absolute atomic E-state index is 0.0950. The van der Waals surface area contributed by atoms with Crippen molar-refractivity contribution in [1.82, 2.24) is 0 Å². The lowest BCUT2D eigenvalue weighted by Gasteiger charge is -2.02. The summed E-state index contributed by atoms with van der Waals surface area (Å²) >= 11 is 0. The number of carbonyl (C=O) groups is 3. The van der Waals surface area contributed by atoms with Crippen molar-refractivity contribution < 1.29 is 24.0 Å². The number of oxime groups is 1. The Labute approximate surface area is 110 Å². The Morgan fingerprint density at radius 1 is 1.16 bits per heavy atom. The Kier molecular flexibility index (Phi) is 5.40. The first-order valence-corrected chi connectivity index (χ1v) is 5.58. The third-order valence-corrected chi connectivity index (χ3v) is 2.03. The molecule has 0 saturated heterocycles. The van der Waals surface area contributed by atoms with Crippen molar-refractivity contribution in [2.24, 2.45) is 5.16 Å². The highest BCUT2D eigenvalue weighted by Crippen LogP contribution is 2.02. The number of ketones is 1. The van der Waals surface area contributed by atoms with Gasteiger partial charge in [-0.15, -0.1) is 0 Å². The Hall–Kier alpha value is -2.50. The molecule has 0 aromatic heterocycles. The number of Topliss-reactive ketones (excluding diaryl/α,β-unsaturated/α-hetero) is 1. The average molecular weight is 263 g/mol. The molecule has 0 aliphatic heterocycles. The molecular weight excluding hydrogens is 250 g/mol. The first-order chi connectivity index (χ1) is 9.06. The van der Waals surface area contributed by atoms with Crippen LogP contribution in [-0.2, 0) is 19.2 Å². The smallest absolute Gasteiger partial charge is 0.365 e. The maximum Gasteiger partial charge on any atom is 0.365 e. The van der Waals surface area contributed by atoms with Crippen LogP contribution in [0.15, 0.2) is 35.5 Å². The fourth-order valence-corrected chi connectivity index (χ4v) is 1.16. The van der Waals surface area contributed by atoms with Gasteiger partial charge < -0.3 is 9.57 Å². The van der Waals surface area contributed by atoms with E-state index in [1.165, 1.54) is 12.1 Å². The summed E-state index contributed by atoms with van der Waals surface area (Å²) in [5.74, 6) is -2.32. The van der Waals surface area contributed by atoms with Gasteiger partial charge in [0, 0.05) is 6.92 Å². The highest BCUT2D eigenvalue weighted by atomic mass is 16.7. The van der Waals surface area contributed by atoms with Crippen LogP contribution in [-0.4, -0.2) is 30.0 Å². The molecule has 19 heavy (non-hydrogen) atoms. The molecule has 0 unspecified atom stereocenters. The van der Waals surface area contributed by atoms with E-state index in [4.69, 9.17) is 0 Å². The van der Waals surface area contributed by atoms with Gasteiger partial charge in [-0.25, -0.2) is 9.59 Å². The van der Waals surface area contributed by atoms with Gasteiger partial charge in [-0.1, -0.05) is 23.4 Å². The van der Waals surface area contributed by atoms with Gasteiger partial charge in [0.1, 0.15) is 0 Å². The highest BCUT2D eigenvalue weighted by molar-refractivity contribution is 6.63. The monoisotopic (exact) mass is 263 g/mol. The van der Waals surface area contributed by atoms with Crippen LogP contribution in [0.25, 0.3) is 0 Å². The molecule has 0 N–H and O–H groups in total. The van der Waals surface area contributed by atoms with Crippen LogP contribution in [0.1, 0.15) is 24.2 Å². The van der Waals surface area contributed by atoms with Crippen LogP contribution in [0.4, 0.5) is 0 Å². The Balaban J connectivity index is 2.79. The zero-order valence-electron chi connectivity index (χ0n) is 10.6. The number of rotatable bonds is 5. The second kappa shape index (κ2) is 7.05. The van der Waals surface area contributed by atoms with Crippen LogP contribution >= 0.6 is 0 Å². The van der Waals surface area contributed by atoms with Gasteiger partial charge in [-0.2, -0.15) is 0 Å². The molecule has 6 heteroatoms. The summed E-state index contributed by atoms with van der Waals surface area (Å²) in [5, 5.41) is 3.26. The highest BCUT2D eigenvalue weighted by Gasteiger charge is 2.20. The lowest BCUT2D eigenvalue weighted by Crippen LogP contribution is -2.25. The molecule has 1 aromatic carbocycles. The zero-order chi connectivity index (χ0) is 14.3. The molecule has 0 bridgehead atoms. The minimum Gasteiger partial charge on any atom is -0.461 e. The molecular formula is C13H13NO5. The summed E-state index contributed by atoms with van der Waals surface area (Å²) in [6, 6.07) is 8.08. The van der Waals surface area contributed by atoms with Crippen molar-refractivity contribution in [1.29, 1.82) is 0 Å². The largest absolute Gasteiger partial charge is 0.461 e. The van der Waals surface area contributed by atoms with Crippen molar-refractivity contribution >= 4 is 23.4 Å². The predicted molar refractivity (Wildman–Crippen MR) is 66.6 cm³/mol. The molecule has 0 saturated carbocycles.